The average molecular weight is 495 g/mol. The van der Waals surface area contributed by atoms with Gasteiger partial charge in [-0.1, -0.05) is 11.9 Å². The number of carbonyl (C=O) groups excluding carboxylic acids is 2. The second-order valence-electron chi connectivity index (χ2n) is 10.5. The van der Waals surface area contributed by atoms with E-state index in [0.717, 1.165) is 64.4 Å². The molecule has 11 heteroatoms. The van der Waals surface area contributed by atoms with Crippen molar-refractivity contribution in [2.75, 3.05) is 65.2 Å². The normalized spacial score (nSPS) is 36.3. The summed E-state index contributed by atoms with van der Waals surface area (Å²) in [5.74, 6) is 1.43. The third-order valence-corrected chi connectivity index (χ3v) is 9.34. The fourth-order valence-electron chi connectivity index (χ4n) is 6.42. The van der Waals surface area contributed by atoms with Crippen LogP contribution in [0.15, 0.2) is 0 Å². The second-order valence-corrected chi connectivity index (χ2v) is 11.4. The monoisotopic (exact) mass is 494 g/mol. The molecule has 5 rings (SSSR count). The van der Waals surface area contributed by atoms with Gasteiger partial charge in [0.1, 0.15) is 6.04 Å². The van der Waals surface area contributed by atoms with E-state index in [-0.39, 0.29) is 29.9 Å². The zero-order valence-corrected chi connectivity index (χ0v) is 21.3. The van der Waals surface area contributed by atoms with Gasteiger partial charge in [-0.05, 0) is 45.7 Å². The van der Waals surface area contributed by atoms with Crippen molar-refractivity contribution < 1.29 is 9.59 Å². The van der Waals surface area contributed by atoms with Crippen LogP contribution in [-0.2, 0) is 9.59 Å². The molecule has 4 N–H and O–H groups in total. The lowest BCUT2D eigenvalue weighted by Gasteiger charge is -2.41. The minimum atomic E-state index is -0.0976. The van der Waals surface area contributed by atoms with Gasteiger partial charge in [0.2, 0.25) is 11.8 Å². The molecule has 0 aromatic rings. The van der Waals surface area contributed by atoms with Gasteiger partial charge in [-0.3, -0.25) is 24.3 Å². The smallest absolute Gasteiger partial charge is 0.239 e. The van der Waals surface area contributed by atoms with Crippen molar-refractivity contribution in [2.45, 2.75) is 68.9 Å². The van der Waals surface area contributed by atoms with E-state index < -0.39 is 0 Å². The van der Waals surface area contributed by atoms with Gasteiger partial charge in [0.15, 0.2) is 0 Å². The lowest BCUT2D eigenvalue weighted by molar-refractivity contribution is -0.134. The molecule has 5 fully saturated rings. The van der Waals surface area contributed by atoms with Gasteiger partial charge in [-0.15, -0.1) is 0 Å². The summed E-state index contributed by atoms with van der Waals surface area (Å²) >= 11 is 1.69. The van der Waals surface area contributed by atoms with Crippen molar-refractivity contribution in [1.29, 1.82) is 0 Å². The van der Waals surface area contributed by atoms with Gasteiger partial charge in [0.05, 0.1) is 6.17 Å². The fourth-order valence-corrected chi connectivity index (χ4v) is 7.14. The maximum Gasteiger partial charge on any atom is 0.239 e. The van der Waals surface area contributed by atoms with Crippen molar-refractivity contribution in [3.05, 3.63) is 0 Å². The first-order valence-corrected chi connectivity index (χ1v) is 14.2. The Morgan fingerprint density at radius 2 is 1.97 bits per heavy atom. The molecule has 2 amide bonds. The predicted octanol–water partition coefficient (Wildman–Crippen LogP) is -0.992. The molecule has 2 unspecified atom stereocenters. The van der Waals surface area contributed by atoms with E-state index in [9.17, 15) is 9.59 Å². The zero-order chi connectivity index (χ0) is 23.5. The van der Waals surface area contributed by atoms with Crippen LogP contribution in [0.4, 0.5) is 0 Å². The van der Waals surface area contributed by atoms with Crippen LogP contribution < -0.4 is 20.9 Å². The van der Waals surface area contributed by atoms with E-state index in [1.165, 1.54) is 19.3 Å². The molecular formula is C23H42N8O2S. The average Bonchev–Trinajstić information content (AvgIpc) is 3.52. The largest absolute Gasteiger partial charge is 0.353 e. The summed E-state index contributed by atoms with van der Waals surface area (Å²) in [6.07, 6.45) is 6.65. The Morgan fingerprint density at radius 3 is 2.71 bits per heavy atom. The van der Waals surface area contributed by atoms with Crippen molar-refractivity contribution in [2.24, 2.45) is 0 Å². The van der Waals surface area contributed by atoms with Gasteiger partial charge in [0, 0.05) is 76.1 Å². The topological polar surface area (TPSA) is 95.2 Å². The molecule has 0 aliphatic carbocycles. The number of hydrazine groups is 1. The van der Waals surface area contributed by atoms with Gasteiger partial charge < -0.3 is 15.5 Å². The molecule has 5 aliphatic rings. The zero-order valence-electron chi connectivity index (χ0n) is 20.5. The molecule has 10 nitrogen and oxygen atoms in total. The molecule has 0 bridgehead atoms. The minimum absolute atomic E-state index is 0.0976. The SMILES string of the molecule is CN1[C@@H](CCC(=O)N2CCN(C3CCCCN3)CC2)CNC(=O)[C@@H]2[C@@H]1CCN2CC1CSNN1. The molecule has 5 atom stereocenters. The Kier molecular flexibility index (Phi) is 8.30. The highest BCUT2D eigenvalue weighted by atomic mass is 32.2. The van der Waals surface area contributed by atoms with Gasteiger partial charge in [-0.2, -0.15) is 0 Å². The van der Waals surface area contributed by atoms with Gasteiger partial charge in [0.25, 0.3) is 0 Å². The number of fused-ring (bicyclic) bond motifs is 1. The van der Waals surface area contributed by atoms with Crippen molar-refractivity contribution in [1.82, 2.24) is 40.5 Å². The van der Waals surface area contributed by atoms with E-state index in [0.29, 0.717) is 25.2 Å². The lowest BCUT2D eigenvalue weighted by Crippen LogP contribution is -2.56. The van der Waals surface area contributed by atoms with E-state index in [1.54, 1.807) is 11.9 Å². The van der Waals surface area contributed by atoms with E-state index in [2.05, 4.69) is 47.5 Å². The Balaban J connectivity index is 1.10. The number of piperazine rings is 1. The maximum absolute atomic E-state index is 13.0. The van der Waals surface area contributed by atoms with Crippen molar-refractivity contribution in [3.8, 4) is 0 Å². The molecule has 0 radical (unpaired) electrons. The van der Waals surface area contributed by atoms with E-state index >= 15 is 0 Å². The highest BCUT2D eigenvalue weighted by Crippen LogP contribution is 2.28. The third-order valence-electron chi connectivity index (χ3n) is 8.51. The second kappa shape index (κ2) is 11.4. The number of rotatable bonds is 6. The molecule has 34 heavy (non-hydrogen) atoms. The number of hydrogen-bond donors (Lipinski definition) is 4. The lowest BCUT2D eigenvalue weighted by atomic mass is 10.0. The number of likely N-dealkylation sites (tertiary alicyclic amines) is 1. The molecule has 5 aliphatic heterocycles. The van der Waals surface area contributed by atoms with Crippen LogP contribution in [0.1, 0.15) is 38.5 Å². The molecule has 0 spiro atoms. The van der Waals surface area contributed by atoms with Crippen LogP contribution in [0.25, 0.3) is 0 Å². The molecule has 5 heterocycles. The highest BCUT2D eigenvalue weighted by molar-refractivity contribution is 7.97. The molecule has 192 valence electrons. The fraction of sp³-hybridized carbons (Fsp3) is 0.913. The molecule has 5 saturated heterocycles. The summed E-state index contributed by atoms with van der Waals surface area (Å²) in [7, 11) is 2.15. The Bertz CT molecular complexity index is 709. The van der Waals surface area contributed by atoms with Crippen LogP contribution in [0, 0.1) is 0 Å². The number of piperidine rings is 1. The number of amides is 2. The summed E-state index contributed by atoms with van der Waals surface area (Å²) in [6.45, 7) is 7.16. The molecule has 0 aromatic carbocycles. The number of nitrogens with zero attached hydrogens (tertiary/aromatic N) is 4. The number of carbonyl (C=O) groups is 2. The van der Waals surface area contributed by atoms with Crippen LogP contribution >= 0.6 is 11.9 Å². The van der Waals surface area contributed by atoms with Gasteiger partial charge in [-0.25, -0.2) is 10.3 Å². The summed E-state index contributed by atoms with van der Waals surface area (Å²) in [5, 5.41) is 6.82. The first-order chi connectivity index (χ1) is 16.6. The van der Waals surface area contributed by atoms with Crippen LogP contribution in [-0.4, -0.2) is 127 Å². The predicted molar refractivity (Wildman–Crippen MR) is 134 cm³/mol. The first-order valence-electron chi connectivity index (χ1n) is 13.2. The van der Waals surface area contributed by atoms with Gasteiger partial charge >= 0.3 is 0 Å². The maximum atomic E-state index is 13.0. The van der Waals surface area contributed by atoms with E-state index in [1.807, 2.05) is 0 Å². The van der Waals surface area contributed by atoms with Crippen LogP contribution in [0.5, 0.6) is 0 Å². The standard InChI is InChI=1S/C23H42N8O2S/c1-28-18(5-6-21(32)30-12-10-29(11-13-30)20-4-2-3-8-24-20)14-25-23(33)22-19(28)7-9-31(22)15-17-16-34-27-26-17/h17-20,22,24,26-27H,2-16H2,1H3,(H,25,33)/t17?,18-,19-,20?,22-/m0/s1. The molecular weight excluding hydrogens is 452 g/mol. The molecule has 0 saturated carbocycles. The summed E-state index contributed by atoms with van der Waals surface area (Å²) < 4.78 is 0. The molecule has 0 aromatic heterocycles. The summed E-state index contributed by atoms with van der Waals surface area (Å²) in [6, 6.07) is 0.695. The third kappa shape index (κ3) is 5.55. The van der Waals surface area contributed by atoms with Crippen LogP contribution in [0.3, 0.4) is 0 Å². The Hall–Kier alpha value is -0.950. The quantitative estimate of drug-likeness (QED) is 0.347. The Morgan fingerprint density at radius 1 is 1.12 bits per heavy atom. The van der Waals surface area contributed by atoms with Crippen LogP contribution in [0.2, 0.25) is 0 Å². The number of hydrogen-bond acceptors (Lipinski definition) is 9. The first kappa shape index (κ1) is 24.7. The highest BCUT2D eigenvalue weighted by Gasteiger charge is 2.45. The summed E-state index contributed by atoms with van der Waals surface area (Å²) in [5.41, 5.74) is 3.29. The number of likely N-dealkylation sites (N-methyl/N-ethyl adjacent to an activating group) is 1. The van der Waals surface area contributed by atoms with Crippen molar-refractivity contribution >= 4 is 23.8 Å². The minimum Gasteiger partial charge on any atom is -0.353 e. The van der Waals surface area contributed by atoms with Crippen molar-refractivity contribution in [3.63, 3.8) is 0 Å². The number of nitrogens with one attached hydrogen (secondary N) is 4. The summed E-state index contributed by atoms with van der Waals surface area (Å²) in [4.78, 5) is 38.4. The van der Waals surface area contributed by atoms with E-state index in [4.69, 9.17) is 0 Å². The Labute approximate surface area is 208 Å².